The number of fused-ring (bicyclic) bond motifs is 1. The summed E-state index contributed by atoms with van der Waals surface area (Å²) in [4.78, 5) is 27.0. The molecule has 0 fully saturated rings. The first-order valence-electron chi connectivity index (χ1n) is 7.90. The Labute approximate surface area is 144 Å². The maximum atomic E-state index is 12.2. The van der Waals surface area contributed by atoms with Crippen molar-refractivity contribution in [3.8, 4) is 0 Å². The average molecular weight is 338 g/mol. The second kappa shape index (κ2) is 6.72. The number of amides is 1. The molecule has 0 bridgehead atoms. The highest BCUT2D eigenvalue weighted by atomic mass is 16.6. The molecule has 1 aromatic heterocycles. The van der Waals surface area contributed by atoms with Crippen LogP contribution in [0.25, 0.3) is 11.0 Å². The fourth-order valence-corrected chi connectivity index (χ4v) is 2.73. The van der Waals surface area contributed by atoms with Gasteiger partial charge in [-0.3, -0.25) is 14.9 Å². The average Bonchev–Trinajstić information content (AvgIpc) is 2.90. The first-order chi connectivity index (χ1) is 12.0. The largest absolute Gasteiger partial charge is 0.352 e. The number of nitro benzene ring substituents is 1. The zero-order valence-electron chi connectivity index (χ0n) is 14.0. The zero-order valence-corrected chi connectivity index (χ0v) is 14.0. The van der Waals surface area contributed by atoms with Gasteiger partial charge < -0.3 is 9.88 Å². The molecule has 3 rings (SSSR count). The minimum Gasteiger partial charge on any atom is -0.352 e. The van der Waals surface area contributed by atoms with Crippen LogP contribution in [0.15, 0.2) is 42.5 Å². The van der Waals surface area contributed by atoms with Gasteiger partial charge in [-0.25, -0.2) is 4.98 Å². The van der Waals surface area contributed by atoms with Gasteiger partial charge in [-0.15, -0.1) is 0 Å². The highest BCUT2D eigenvalue weighted by Crippen LogP contribution is 2.17. The fourth-order valence-electron chi connectivity index (χ4n) is 2.73. The van der Waals surface area contributed by atoms with Gasteiger partial charge in [-0.1, -0.05) is 12.1 Å². The molecule has 0 radical (unpaired) electrons. The van der Waals surface area contributed by atoms with E-state index >= 15 is 0 Å². The normalized spacial score (nSPS) is 10.8. The highest BCUT2D eigenvalue weighted by molar-refractivity contribution is 5.94. The van der Waals surface area contributed by atoms with Crippen LogP contribution in [-0.2, 0) is 13.5 Å². The third-order valence-corrected chi connectivity index (χ3v) is 4.08. The van der Waals surface area contributed by atoms with E-state index in [0.717, 1.165) is 22.4 Å². The van der Waals surface area contributed by atoms with E-state index in [9.17, 15) is 14.9 Å². The summed E-state index contributed by atoms with van der Waals surface area (Å²) in [6.07, 6.45) is 0.574. The van der Waals surface area contributed by atoms with E-state index in [1.54, 1.807) is 6.07 Å². The van der Waals surface area contributed by atoms with E-state index in [-0.39, 0.29) is 17.2 Å². The molecule has 0 aliphatic rings. The molecule has 0 saturated carbocycles. The van der Waals surface area contributed by atoms with Crippen molar-refractivity contribution in [2.45, 2.75) is 13.3 Å². The Hall–Kier alpha value is -3.22. The Morgan fingerprint density at radius 3 is 2.84 bits per heavy atom. The van der Waals surface area contributed by atoms with Gasteiger partial charge in [-0.05, 0) is 30.7 Å². The van der Waals surface area contributed by atoms with Crippen LogP contribution in [-0.4, -0.2) is 26.9 Å². The van der Waals surface area contributed by atoms with Crippen molar-refractivity contribution < 1.29 is 9.72 Å². The van der Waals surface area contributed by atoms with Crippen molar-refractivity contribution in [1.82, 2.24) is 14.9 Å². The number of carbonyl (C=O) groups excluding carboxylic acids is 1. The molecule has 1 N–H and O–H groups in total. The molecule has 3 aromatic rings. The summed E-state index contributed by atoms with van der Waals surface area (Å²) in [5.41, 5.74) is 3.30. The van der Waals surface area contributed by atoms with Gasteiger partial charge in [0, 0.05) is 37.7 Å². The van der Waals surface area contributed by atoms with Crippen LogP contribution in [0.1, 0.15) is 21.7 Å². The number of non-ortho nitro benzene ring substituents is 1. The van der Waals surface area contributed by atoms with Crippen LogP contribution in [0.2, 0.25) is 0 Å². The molecular formula is C18H18N4O3. The van der Waals surface area contributed by atoms with E-state index in [1.165, 1.54) is 18.2 Å². The Morgan fingerprint density at radius 1 is 1.28 bits per heavy atom. The van der Waals surface area contributed by atoms with Crippen molar-refractivity contribution in [2.24, 2.45) is 7.05 Å². The lowest BCUT2D eigenvalue weighted by Gasteiger charge is -2.06. The first-order valence-corrected chi connectivity index (χ1v) is 7.90. The van der Waals surface area contributed by atoms with Crippen LogP contribution in [0.3, 0.4) is 0 Å². The van der Waals surface area contributed by atoms with Crippen molar-refractivity contribution in [3.05, 3.63) is 69.5 Å². The van der Waals surface area contributed by atoms with E-state index < -0.39 is 4.92 Å². The second-order valence-electron chi connectivity index (χ2n) is 5.89. The molecule has 25 heavy (non-hydrogen) atoms. The minimum absolute atomic E-state index is 0.0987. The second-order valence-corrected chi connectivity index (χ2v) is 5.89. The lowest BCUT2D eigenvalue weighted by molar-refractivity contribution is -0.384. The Balaban J connectivity index is 1.67. The van der Waals surface area contributed by atoms with Crippen LogP contribution in [0, 0.1) is 17.0 Å². The number of imidazole rings is 1. The number of nitrogens with zero attached hydrogens (tertiary/aromatic N) is 3. The third kappa shape index (κ3) is 3.50. The lowest BCUT2D eigenvalue weighted by atomic mass is 10.2. The molecule has 0 aliphatic carbocycles. The standard InChI is InChI=1S/C18H18N4O3/c1-12-6-7-16-15(10-12)20-17(21(16)2)8-9-19-18(23)13-4-3-5-14(11-13)22(24)25/h3-7,10-11H,8-9H2,1-2H3,(H,19,23). The smallest absolute Gasteiger partial charge is 0.270 e. The van der Waals surface area contributed by atoms with Gasteiger partial charge in [0.15, 0.2) is 0 Å². The van der Waals surface area contributed by atoms with Gasteiger partial charge in [0.25, 0.3) is 11.6 Å². The molecule has 0 saturated heterocycles. The van der Waals surface area contributed by atoms with Crippen molar-refractivity contribution in [3.63, 3.8) is 0 Å². The van der Waals surface area contributed by atoms with E-state index in [2.05, 4.69) is 10.3 Å². The van der Waals surface area contributed by atoms with E-state index in [4.69, 9.17) is 0 Å². The van der Waals surface area contributed by atoms with Crippen molar-refractivity contribution in [2.75, 3.05) is 6.54 Å². The molecular weight excluding hydrogens is 320 g/mol. The number of benzene rings is 2. The molecule has 128 valence electrons. The monoisotopic (exact) mass is 338 g/mol. The number of carbonyl (C=O) groups is 1. The molecule has 2 aromatic carbocycles. The first kappa shape index (κ1) is 16.6. The third-order valence-electron chi connectivity index (χ3n) is 4.08. The Morgan fingerprint density at radius 2 is 2.08 bits per heavy atom. The van der Waals surface area contributed by atoms with Crippen LogP contribution in [0.5, 0.6) is 0 Å². The number of aryl methyl sites for hydroxylation is 2. The summed E-state index contributed by atoms with van der Waals surface area (Å²) in [7, 11) is 1.95. The minimum atomic E-state index is -0.516. The van der Waals surface area contributed by atoms with Crippen molar-refractivity contribution >= 4 is 22.6 Å². The van der Waals surface area contributed by atoms with E-state index in [1.807, 2.05) is 36.7 Å². The van der Waals surface area contributed by atoms with Gasteiger partial charge in [0.2, 0.25) is 0 Å². The number of nitrogens with one attached hydrogen (secondary N) is 1. The fraction of sp³-hybridized carbons (Fsp3) is 0.222. The van der Waals surface area contributed by atoms with Gasteiger partial charge in [0.05, 0.1) is 16.0 Å². The molecule has 7 heteroatoms. The quantitative estimate of drug-likeness (QED) is 0.572. The van der Waals surface area contributed by atoms with Gasteiger partial charge in [0.1, 0.15) is 5.82 Å². The van der Waals surface area contributed by atoms with Crippen LogP contribution >= 0.6 is 0 Å². The topological polar surface area (TPSA) is 90.1 Å². The zero-order chi connectivity index (χ0) is 18.0. The van der Waals surface area contributed by atoms with Crippen LogP contribution in [0.4, 0.5) is 5.69 Å². The molecule has 1 amide bonds. The molecule has 0 spiro atoms. The summed E-state index contributed by atoms with van der Waals surface area (Å²) in [5, 5.41) is 13.6. The number of hydrogen-bond acceptors (Lipinski definition) is 4. The lowest BCUT2D eigenvalue weighted by Crippen LogP contribution is -2.26. The number of hydrogen-bond donors (Lipinski definition) is 1. The number of nitro groups is 1. The van der Waals surface area contributed by atoms with Gasteiger partial charge >= 0.3 is 0 Å². The maximum absolute atomic E-state index is 12.2. The summed E-state index contributed by atoms with van der Waals surface area (Å²) in [6.45, 7) is 2.42. The molecule has 0 atom stereocenters. The maximum Gasteiger partial charge on any atom is 0.270 e. The summed E-state index contributed by atoms with van der Waals surface area (Å²) >= 11 is 0. The van der Waals surface area contributed by atoms with Crippen LogP contribution < -0.4 is 5.32 Å². The summed E-state index contributed by atoms with van der Waals surface area (Å²) in [6, 6.07) is 11.8. The predicted molar refractivity (Wildman–Crippen MR) is 94.6 cm³/mol. The molecule has 7 nitrogen and oxygen atoms in total. The number of aromatic nitrogens is 2. The summed E-state index contributed by atoms with van der Waals surface area (Å²) in [5.74, 6) is 0.540. The molecule has 1 heterocycles. The Kier molecular flexibility index (Phi) is 4.47. The number of rotatable bonds is 5. The SMILES string of the molecule is Cc1ccc2c(c1)nc(CCNC(=O)c1cccc([N+](=O)[O-])c1)n2C. The summed E-state index contributed by atoms with van der Waals surface area (Å²) < 4.78 is 2.01. The van der Waals surface area contributed by atoms with Crippen molar-refractivity contribution in [1.29, 1.82) is 0 Å². The Bertz CT molecular complexity index is 962. The van der Waals surface area contributed by atoms with E-state index in [0.29, 0.717) is 13.0 Å². The molecule has 0 aliphatic heterocycles. The predicted octanol–water partition coefficient (Wildman–Crippen LogP) is 2.76. The van der Waals surface area contributed by atoms with Gasteiger partial charge in [-0.2, -0.15) is 0 Å². The molecule has 0 unspecified atom stereocenters. The highest BCUT2D eigenvalue weighted by Gasteiger charge is 2.12.